The average molecular weight is 240 g/mol. The summed E-state index contributed by atoms with van der Waals surface area (Å²) in [6.45, 7) is 1.75. The van der Waals surface area contributed by atoms with Gasteiger partial charge in [-0.05, 0) is 22.0 Å². The summed E-state index contributed by atoms with van der Waals surface area (Å²) in [6, 6.07) is 1.89. The Morgan fingerprint density at radius 2 is 2.23 bits per heavy atom. The van der Waals surface area contributed by atoms with Crippen LogP contribution in [-0.2, 0) is 0 Å². The minimum atomic E-state index is 0.551. The first-order valence-corrected chi connectivity index (χ1v) is 4.46. The predicted molar refractivity (Wildman–Crippen MR) is 50.0 cm³/mol. The Morgan fingerprint density at radius 1 is 1.38 bits per heavy atom. The lowest BCUT2D eigenvalue weighted by molar-refractivity contribution is 0.394. The van der Waals surface area contributed by atoms with E-state index in [0.29, 0.717) is 11.7 Å². The van der Waals surface area contributed by atoms with Crippen molar-refractivity contribution in [2.24, 2.45) is 0 Å². The van der Waals surface area contributed by atoms with E-state index in [1.807, 2.05) is 6.07 Å². The Kier molecular flexibility index (Phi) is 2.10. The lowest BCUT2D eigenvalue weighted by atomic mass is 10.3. The first kappa shape index (κ1) is 8.37. The summed E-state index contributed by atoms with van der Waals surface area (Å²) in [4.78, 5) is 8.08. The van der Waals surface area contributed by atoms with E-state index in [1.165, 1.54) is 0 Å². The molecule has 2 heterocycles. The summed E-state index contributed by atoms with van der Waals surface area (Å²) >= 11 is 3.32. The van der Waals surface area contributed by atoms with Crippen LogP contribution in [0.25, 0.3) is 11.4 Å². The third-order valence-corrected chi connectivity index (χ3v) is 1.92. The number of aryl methyl sites for hydroxylation is 1. The van der Waals surface area contributed by atoms with Crippen molar-refractivity contribution < 1.29 is 4.52 Å². The van der Waals surface area contributed by atoms with Gasteiger partial charge in [-0.25, -0.2) is 0 Å². The van der Waals surface area contributed by atoms with Crippen LogP contribution in [0.4, 0.5) is 0 Å². The number of aromatic nitrogens is 3. The molecule has 0 saturated carbocycles. The Morgan fingerprint density at radius 3 is 2.85 bits per heavy atom. The maximum absolute atomic E-state index is 4.85. The maximum atomic E-state index is 4.85. The monoisotopic (exact) mass is 239 g/mol. The molecule has 66 valence electrons. The molecule has 0 fully saturated rings. The van der Waals surface area contributed by atoms with Crippen molar-refractivity contribution in [1.29, 1.82) is 0 Å². The van der Waals surface area contributed by atoms with Gasteiger partial charge in [0.15, 0.2) is 0 Å². The molecule has 0 amide bonds. The molecule has 0 aliphatic heterocycles. The molecule has 2 rings (SSSR count). The number of hydrogen-bond acceptors (Lipinski definition) is 4. The zero-order valence-electron chi connectivity index (χ0n) is 6.86. The van der Waals surface area contributed by atoms with Crippen molar-refractivity contribution in [3.63, 3.8) is 0 Å². The van der Waals surface area contributed by atoms with Crippen LogP contribution in [0.3, 0.4) is 0 Å². The van der Waals surface area contributed by atoms with Gasteiger partial charge in [0, 0.05) is 29.4 Å². The lowest BCUT2D eigenvalue weighted by Gasteiger charge is -1.92. The highest BCUT2D eigenvalue weighted by Gasteiger charge is 2.05. The predicted octanol–water partition coefficient (Wildman–Crippen LogP) is 2.20. The average Bonchev–Trinajstić information content (AvgIpc) is 2.52. The molecule has 0 bridgehead atoms. The van der Waals surface area contributed by atoms with E-state index in [4.69, 9.17) is 4.52 Å². The van der Waals surface area contributed by atoms with Gasteiger partial charge in [0.25, 0.3) is 0 Å². The molecule has 0 saturated heterocycles. The summed E-state index contributed by atoms with van der Waals surface area (Å²) in [7, 11) is 0. The molecule has 0 aliphatic carbocycles. The molecule has 2 aromatic heterocycles. The Bertz CT molecular complexity index is 427. The normalized spacial score (nSPS) is 10.3. The van der Waals surface area contributed by atoms with Crippen molar-refractivity contribution in [2.75, 3.05) is 0 Å². The van der Waals surface area contributed by atoms with Crippen LogP contribution in [0.5, 0.6) is 0 Å². The zero-order valence-corrected chi connectivity index (χ0v) is 8.45. The molecule has 0 radical (unpaired) electrons. The fourth-order valence-corrected chi connectivity index (χ4v) is 1.32. The van der Waals surface area contributed by atoms with E-state index >= 15 is 0 Å². The van der Waals surface area contributed by atoms with E-state index in [1.54, 1.807) is 19.3 Å². The van der Waals surface area contributed by atoms with Crippen LogP contribution in [0.2, 0.25) is 0 Å². The van der Waals surface area contributed by atoms with Crippen LogP contribution in [0, 0.1) is 6.92 Å². The van der Waals surface area contributed by atoms with Gasteiger partial charge in [0.1, 0.15) is 0 Å². The second-order valence-corrected chi connectivity index (χ2v) is 3.44. The summed E-state index contributed by atoms with van der Waals surface area (Å²) in [5.74, 6) is 1.11. The minimum absolute atomic E-state index is 0.551. The third-order valence-electron chi connectivity index (χ3n) is 1.49. The van der Waals surface area contributed by atoms with E-state index in [2.05, 4.69) is 31.1 Å². The molecule has 2 aromatic rings. The van der Waals surface area contributed by atoms with Gasteiger partial charge < -0.3 is 4.52 Å². The van der Waals surface area contributed by atoms with E-state index in [-0.39, 0.29) is 0 Å². The van der Waals surface area contributed by atoms with Crippen LogP contribution >= 0.6 is 15.9 Å². The van der Waals surface area contributed by atoms with Crippen molar-refractivity contribution in [2.45, 2.75) is 6.92 Å². The fourth-order valence-electron chi connectivity index (χ4n) is 0.951. The number of halogens is 1. The summed E-state index contributed by atoms with van der Waals surface area (Å²) in [6.07, 6.45) is 3.39. The smallest absolute Gasteiger partial charge is 0.223 e. The van der Waals surface area contributed by atoms with E-state index in [0.717, 1.165) is 10.0 Å². The topological polar surface area (TPSA) is 51.8 Å². The highest BCUT2D eigenvalue weighted by molar-refractivity contribution is 9.10. The third kappa shape index (κ3) is 1.75. The van der Waals surface area contributed by atoms with Crippen molar-refractivity contribution in [1.82, 2.24) is 15.1 Å². The number of nitrogens with zero attached hydrogens (tertiary/aromatic N) is 3. The van der Waals surface area contributed by atoms with Gasteiger partial charge in [0.2, 0.25) is 11.7 Å². The van der Waals surface area contributed by atoms with Crippen LogP contribution < -0.4 is 0 Å². The second-order valence-electron chi connectivity index (χ2n) is 2.53. The molecule has 5 heteroatoms. The standard InChI is InChI=1S/C8H6BrN3O/c1-5-11-8(12-13-5)6-2-7(9)4-10-3-6/h2-4H,1H3. The molecular weight excluding hydrogens is 234 g/mol. The van der Waals surface area contributed by atoms with Gasteiger partial charge in [-0.15, -0.1) is 0 Å². The van der Waals surface area contributed by atoms with Gasteiger partial charge in [0.05, 0.1) is 0 Å². The number of rotatable bonds is 1. The first-order chi connectivity index (χ1) is 6.25. The molecule has 0 N–H and O–H groups in total. The van der Waals surface area contributed by atoms with Crippen molar-refractivity contribution in [3.8, 4) is 11.4 Å². The number of hydrogen-bond donors (Lipinski definition) is 0. The van der Waals surface area contributed by atoms with Gasteiger partial charge >= 0.3 is 0 Å². The summed E-state index contributed by atoms with van der Waals surface area (Å²) in [5, 5.41) is 3.78. The van der Waals surface area contributed by atoms with E-state index < -0.39 is 0 Å². The van der Waals surface area contributed by atoms with Crippen LogP contribution in [0.1, 0.15) is 5.89 Å². The van der Waals surface area contributed by atoms with Gasteiger partial charge in [-0.3, -0.25) is 4.98 Å². The van der Waals surface area contributed by atoms with Crippen LogP contribution in [0.15, 0.2) is 27.5 Å². The molecule has 0 unspecified atom stereocenters. The Hall–Kier alpha value is -1.23. The molecule has 0 aromatic carbocycles. The lowest BCUT2D eigenvalue weighted by Crippen LogP contribution is -1.82. The van der Waals surface area contributed by atoms with Crippen LogP contribution in [-0.4, -0.2) is 15.1 Å². The number of pyridine rings is 1. The highest BCUT2D eigenvalue weighted by Crippen LogP contribution is 2.18. The zero-order chi connectivity index (χ0) is 9.26. The Balaban J connectivity index is 2.46. The molecule has 0 aliphatic rings. The van der Waals surface area contributed by atoms with Crippen molar-refractivity contribution >= 4 is 15.9 Å². The van der Waals surface area contributed by atoms with Crippen molar-refractivity contribution in [3.05, 3.63) is 28.8 Å². The second kappa shape index (κ2) is 3.26. The van der Waals surface area contributed by atoms with Gasteiger partial charge in [-0.1, -0.05) is 5.16 Å². The molecule has 0 spiro atoms. The minimum Gasteiger partial charge on any atom is -0.339 e. The summed E-state index contributed by atoms with van der Waals surface area (Å²) in [5.41, 5.74) is 0.839. The first-order valence-electron chi connectivity index (χ1n) is 3.67. The molecule has 0 atom stereocenters. The van der Waals surface area contributed by atoms with Gasteiger partial charge in [-0.2, -0.15) is 4.98 Å². The summed E-state index contributed by atoms with van der Waals surface area (Å²) < 4.78 is 5.75. The molecule has 4 nitrogen and oxygen atoms in total. The largest absolute Gasteiger partial charge is 0.339 e. The molecular formula is C8H6BrN3O. The maximum Gasteiger partial charge on any atom is 0.223 e. The Labute approximate surface area is 83.1 Å². The quantitative estimate of drug-likeness (QED) is 0.766. The highest BCUT2D eigenvalue weighted by atomic mass is 79.9. The fraction of sp³-hybridized carbons (Fsp3) is 0.125. The molecule has 13 heavy (non-hydrogen) atoms. The SMILES string of the molecule is Cc1nc(-c2cncc(Br)c2)no1. The van der Waals surface area contributed by atoms with E-state index in [9.17, 15) is 0 Å².